The summed E-state index contributed by atoms with van der Waals surface area (Å²) in [5, 5.41) is 0. The average Bonchev–Trinajstić information content (AvgIpc) is 2.37. The van der Waals surface area contributed by atoms with Crippen LogP contribution in [0.2, 0.25) is 0 Å². The molecular formula is C13H19NO3S. The molecule has 0 saturated carbocycles. The number of rotatable bonds is 8. The van der Waals surface area contributed by atoms with Gasteiger partial charge in [-0.05, 0) is 24.5 Å². The van der Waals surface area contributed by atoms with Crippen LogP contribution in [0.15, 0.2) is 24.5 Å². The van der Waals surface area contributed by atoms with Gasteiger partial charge in [-0.15, -0.1) is 0 Å². The van der Waals surface area contributed by atoms with Crippen molar-refractivity contribution >= 4 is 15.6 Å². The molecule has 0 aliphatic heterocycles. The lowest BCUT2D eigenvalue weighted by atomic mass is 10.1. The number of pyridine rings is 1. The Balaban J connectivity index is 2.23. The molecule has 0 saturated heterocycles. The molecule has 0 spiro atoms. The molecule has 0 fully saturated rings. The fourth-order valence-electron chi connectivity index (χ4n) is 1.59. The molecule has 5 heteroatoms. The minimum absolute atomic E-state index is 0.113. The lowest BCUT2D eigenvalue weighted by Crippen LogP contribution is -2.10. The molecule has 0 bridgehead atoms. The second kappa shape index (κ2) is 7.26. The van der Waals surface area contributed by atoms with Gasteiger partial charge in [0.25, 0.3) is 0 Å². The fourth-order valence-corrected chi connectivity index (χ4v) is 2.46. The van der Waals surface area contributed by atoms with Gasteiger partial charge in [0.15, 0.2) is 0 Å². The number of carbonyl (C=O) groups excluding carboxylic acids is 1. The Morgan fingerprint density at radius 2 is 2.11 bits per heavy atom. The number of nitrogens with zero attached hydrogens (tertiary/aromatic N) is 1. The van der Waals surface area contributed by atoms with E-state index in [1.165, 1.54) is 0 Å². The Morgan fingerprint density at radius 1 is 1.33 bits per heavy atom. The zero-order valence-corrected chi connectivity index (χ0v) is 11.4. The number of carbonyl (C=O) groups is 1. The van der Waals surface area contributed by atoms with Gasteiger partial charge in [-0.25, -0.2) is 8.42 Å². The van der Waals surface area contributed by atoms with E-state index >= 15 is 0 Å². The summed E-state index contributed by atoms with van der Waals surface area (Å²) in [6.07, 6.45) is 5.35. The third-order valence-corrected chi connectivity index (χ3v) is 4.56. The summed E-state index contributed by atoms with van der Waals surface area (Å²) in [6.45, 7) is 1.62. The van der Waals surface area contributed by atoms with Crippen molar-refractivity contribution < 1.29 is 13.2 Å². The number of ketones is 1. The second-order valence-corrected chi connectivity index (χ2v) is 6.71. The maximum absolute atomic E-state index is 11.6. The van der Waals surface area contributed by atoms with Crippen molar-refractivity contribution in [3.05, 3.63) is 30.1 Å². The monoisotopic (exact) mass is 269 g/mol. The third-order valence-electron chi connectivity index (χ3n) is 2.77. The molecule has 18 heavy (non-hydrogen) atoms. The maximum atomic E-state index is 11.6. The number of hydrogen-bond donors (Lipinski definition) is 0. The van der Waals surface area contributed by atoms with Crippen LogP contribution in [-0.2, 0) is 21.1 Å². The zero-order chi connectivity index (χ0) is 13.4. The number of hydrogen-bond acceptors (Lipinski definition) is 4. The molecule has 0 aliphatic rings. The van der Waals surface area contributed by atoms with Crippen LogP contribution < -0.4 is 0 Å². The predicted molar refractivity (Wildman–Crippen MR) is 71.1 cm³/mol. The van der Waals surface area contributed by atoms with Gasteiger partial charge in [-0.2, -0.15) is 0 Å². The fraction of sp³-hybridized carbons (Fsp3) is 0.538. The molecule has 100 valence electrons. The second-order valence-electron chi connectivity index (χ2n) is 4.24. The maximum Gasteiger partial charge on any atom is 0.150 e. The number of aryl methyl sites for hydroxylation is 1. The standard InChI is InChI=1S/C13H19NO3S/c1-2-18(16,17)10-4-6-13(15)8-7-12-5-3-9-14-11-12/h3,5,9,11H,2,4,6-8,10H2,1H3. The van der Waals surface area contributed by atoms with Crippen molar-refractivity contribution in [3.63, 3.8) is 0 Å². The normalized spacial score (nSPS) is 11.4. The van der Waals surface area contributed by atoms with Gasteiger partial charge in [0.05, 0.1) is 5.75 Å². The van der Waals surface area contributed by atoms with E-state index in [2.05, 4.69) is 4.98 Å². The van der Waals surface area contributed by atoms with Crippen LogP contribution in [0.3, 0.4) is 0 Å². The Morgan fingerprint density at radius 3 is 2.72 bits per heavy atom. The molecule has 0 unspecified atom stereocenters. The highest BCUT2D eigenvalue weighted by Gasteiger charge is 2.09. The van der Waals surface area contributed by atoms with Gasteiger partial charge in [0.1, 0.15) is 15.6 Å². The number of Topliss-reactive ketones (excluding diaryl/α,β-unsaturated/α-hetero) is 1. The molecular weight excluding hydrogens is 250 g/mol. The summed E-state index contributed by atoms with van der Waals surface area (Å²) in [5.74, 6) is 0.379. The Hall–Kier alpha value is -1.23. The molecule has 1 aromatic heterocycles. The van der Waals surface area contributed by atoms with Gasteiger partial charge in [0.2, 0.25) is 0 Å². The molecule has 0 radical (unpaired) electrons. The molecule has 0 N–H and O–H groups in total. The van der Waals surface area contributed by atoms with Crippen LogP contribution in [-0.4, -0.2) is 30.7 Å². The van der Waals surface area contributed by atoms with E-state index in [-0.39, 0.29) is 17.3 Å². The summed E-state index contributed by atoms with van der Waals surface area (Å²) < 4.78 is 22.5. The predicted octanol–water partition coefficient (Wildman–Crippen LogP) is 1.80. The molecule has 0 aliphatic carbocycles. The summed E-state index contributed by atoms with van der Waals surface area (Å²) in [5.41, 5.74) is 1.03. The smallest absolute Gasteiger partial charge is 0.150 e. The van der Waals surface area contributed by atoms with E-state index in [0.29, 0.717) is 25.7 Å². The van der Waals surface area contributed by atoms with Crippen LogP contribution in [0.1, 0.15) is 31.7 Å². The minimum atomic E-state index is -2.94. The first-order valence-electron chi connectivity index (χ1n) is 6.14. The quantitative estimate of drug-likeness (QED) is 0.722. The van der Waals surface area contributed by atoms with Gasteiger partial charge in [0, 0.05) is 31.0 Å². The van der Waals surface area contributed by atoms with Gasteiger partial charge < -0.3 is 0 Å². The topological polar surface area (TPSA) is 64.1 Å². The minimum Gasteiger partial charge on any atom is -0.300 e. The summed E-state index contributed by atoms with van der Waals surface area (Å²) in [6, 6.07) is 3.77. The van der Waals surface area contributed by atoms with Crippen molar-refractivity contribution in [1.82, 2.24) is 4.98 Å². The van der Waals surface area contributed by atoms with Crippen LogP contribution in [0.5, 0.6) is 0 Å². The Labute approximate surface area is 108 Å². The molecule has 0 atom stereocenters. The first-order valence-corrected chi connectivity index (χ1v) is 7.96. The van der Waals surface area contributed by atoms with Crippen molar-refractivity contribution in [2.75, 3.05) is 11.5 Å². The lowest BCUT2D eigenvalue weighted by molar-refractivity contribution is -0.119. The van der Waals surface area contributed by atoms with Crippen molar-refractivity contribution in [2.24, 2.45) is 0 Å². The molecule has 1 rings (SSSR count). The van der Waals surface area contributed by atoms with Crippen LogP contribution >= 0.6 is 0 Å². The molecule has 4 nitrogen and oxygen atoms in total. The first-order chi connectivity index (χ1) is 8.53. The number of aromatic nitrogens is 1. The zero-order valence-electron chi connectivity index (χ0n) is 10.6. The molecule has 1 aromatic rings. The molecule has 1 heterocycles. The Kier molecular flexibility index (Phi) is 5.98. The van der Waals surface area contributed by atoms with Crippen LogP contribution in [0.4, 0.5) is 0 Å². The Bertz CT molecular complexity index is 468. The largest absolute Gasteiger partial charge is 0.300 e. The average molecular weight is 269 g/mol. The third kappa shape index (κ3) is 5.91. The summed E-state index contributed by atoms with van der Waals surface area (Å²) >= 11 is 0. The number of sulfone groups is 1. The first kappa shape index (κ1) is 14.8. The van der Waals surface area contributed by atoms with Gasteiger partial charge >= 0.3 is 0 Å². The van der Waals surface area contributed by atoms with E-state index < -0.39 is 9.84 Å². The van der Waals surface area contributed by atoms with Crippen molar-refractivity contribution in [1.29, 1.82) is 0 Å². The van der Waals surface area contributed by atoms with Crippen LogP contribution in [0, 0.1) is 0 Å². The lowest BCUT2D eigenvalue weighted by Gasteiger charge is -2.02. The summed E-state index contributed by atoms with van der Waals surface area (Å²) in [7, 11) is -2.94. The SMILES string of the molecule is CCS(=O)(=O)CCCC(=O)CCc1cccnc1. The molecule has 0 amide bonds. The van der Waals surface area contributed by atoms with Gasteiger partial charge in [-0.1, -0.05) is 13.0 Å². The van der Waals surface area contributed by atoms with E-state index in [0.717, 1.165) is 5.56 Å². The highest BCUT2D eigenvalue weighted by atomic mass is 32.2. The summed E-state index contributed by atoms with van der Waals surface area (Å²) in [4.78, 5) is 15.6. The van der Waals surface area contributed by atoms with Crippen LogP contribution in [0.25, 0.3) is 0 Å². The van der Waals surface area contributed by atoms with Crippen molar-refractivity contribution in [2.45, 2.75) is 32.6 Å². The highest BCUT2D eigenvalue weighted by Crippen LogP contribution is 2.05. The highest BCUT2D eigenvalue weighted by molar-refractivity contribution is 7.91. The van der Waals surface area contributed by atoms with E-state index in [1.54, 1.807) is 19.3 Å². The molecule has 0 aromatic carbocycles. The van der Waals surface area contributed by atoms with E-state index in [1.807, 2.05) is 12.1 Å². The van der Waals surface area contributed by atoms with E-state index in [9.17, 15) is 13.2 Å². The van der Waals surface area contributed by atoms with E-state index in [4.69, 9.17) is 0 Å². The van der Waals surface area contributed by atoms with Gasteiger partial charge in [-0.3, -0.25) is 9.78 Å². The van der Waals surface area contributed by atoms with Crippen molar-refractivity contribution in [3.8, 4) is 0 Å².